The molecule has 20 heavy (non-hydrogen) atoms. The Morgan fingerprint density at radius 1 is 1.30 bits per heavy atom. The second-order valence-corrected chi connectivity index (χ2v) is 5.51. The van der Waals surface area contributed by atoms with Gasteiger partial charge in [-0.05, 0) is 19.4 Å². The molecule has 2 unspecified atom stereocenters. The first-order valence-electron chi connectivity index (χ1n) is 6.99. The van der Waals surface area contributed by atoms with Gasteiger partial charge in [-0.15, -0.1) is 0 Å². The van der Waals surface area contributed by atoms with Gasteiger partial charge >= 0.3 is 0 Å². The smallest absolute Gasteiger partial charge is 0.0848 e. The fourth-order valence-electron chi connectivity index (χ4n) is 2.42. The van der Waals surface area contributed by atoms with Gasteiger partial charge < -0.3 is 5.11 Å². The summed E-state index contributed by atoms with van der Waals surface area (Å²) in [6.45, 7) is 6.72. The summed E-state index contributed by atoms with van der Waals surface area (Å²) in [6.07, 6.45) is 0.0418. The molecule has 0 bridgehead atoms. The van der Waals surface area contributed by atoms with Gasteiger partial charge in [-0.2, -0.15) is 5.10 Å². The maximum Gasteiger partial charge on any atom is 0.0848 e. The van der Waals surface area contributed by atoms with E-state index in [2.05, 4.69) is 5.10 Å². The molecule has 3 nitrogen and oxygen atoms in total. The van der Waals surface area contributed by atoms with Crippen molar-refractivity contribution in [2.75, 3.05) is 0 Å². The van der Waals surface area contributed by atoms with Gasteiger partial charge in [0.05, 0.1) is 22.5 Å². The molecule has 0 fully saturated rings. The van der Waals surface area contributed by atoms with E-state index in [1.807, 2.05) is 55.8 Å². The van der Waals surface area contributed by atoms with Gasteiger partial charge in [0.2, 0.25) is 0 Å². The Labute approximate surface area is 125 Å². The lowest BCUT2D eigenvalue weighted by atomic mass is 9.92. The van der Waals surface area contributed by atoms with Crippen LogP contribution in [0.15, 0.2) is 30.3 Å². The molecule has 0 radical (unpaired) electrons. The summed E-state index contributed by atoms with van der Waals surface area (Å²) in [7, 11) is 0. The van der Waals surface area contributed by atoms with E-state index in [4.69, 9.17) is 11.6 Å². The predicted molar refractivity (Wildman–Crippen MR) is 82.2 cm³/mol. The molecule has 1 heterocycles. The molecule has 0 aliphatic heterocycles. The fourth-order valence-corrected chi connectivity index (χ4v) is 2.63. The first-order valence-corrected chi connectivity index (χ1v) is 7.37. The molecule has 1 aromatic carbocycles. The van der Waals surface area contributed by atoms with Crippen molar-refractivity contribution in [3.8, 4) is 0 Å². The van der Waals surface area contributed by atoms with Crippen molar-refractivity contribution in [3.05, 3.63) is 52.3 Å². The monoisotopic (exact) mass is 292 g/mol. The lowest BCUT2D eigenvalue weighted by Crippen LogP contribution is -2.21. The first-order chi connectivity index (χ1) is 9.54. The van der Waals surface area contributed by atoms with Crippen LogP contribution >= 0.6 is 11.6 Å². The number of nitrogens with zero attached hydrogens (tertiary/aromatic N) is 2. The molecule has 4 heteroatoms. The molecule has 1 N–H and O–H groups in total. The fraction of sp³-hybridized carbons (Fsp3) is 0.438. The highest BCUT2D eigenvalue weighted by Crippen LogP contribution is 2.26. The Morgan fingerprint density at radius 3 is 2.55 bits per heavy atom. The third kappa shape index (κ3) is 3.05. The Kier molecular flexibility index (Phi) is 4.84. The van der Waals surface area contributed by atoms with Crippen LogP contribution in [0.2, 0.25) is 5.02 Å². The second-order valence-electron chi connectivity index (χ2n) is 5.13. The zero-order valence-corrected chi connectivity index (χ0v) is 12.9. The largest absolute Gasteiger partial charge is 0.392 e. The van der Waals surface area contributed by atoms with E-state index in [-0.39, 0.29) is 5.92 Å². The number of rotatable bonds is 5. The number of benzene rings is 1. The Bertz CT molecular complexity index is 565. The summed E-state index contributed by atoms with van der Waals surface area (Å²) in [6, 6.07) is 10.0. The zero-order chi connectivity index (χ0) is 14.7. The molecule has 1 aromatic heterocycles. The normalized spacial score (nSPS) is 14.2. The molecule has 2 rings (SSSR count). The number of halogens is 1. The summed E-state index contributed by atoms with van der Waals surface area (Å²) < 4.78 is 1.87. The summed E-state index contributed by atoms with van der Waals surface area (Å²) in [5, 5.41) is 15.5. The lowest BCUT2D eigenvalue weighted by molar-refractivity contribution is 0.147. The minimum absolute atomic E-state index is 0.0628. The van der Waals surface area contributed by atoms with Gasteiger partial charge in [-0.1, -0.05) is 48.9 Å². The molecule has 108 valence electrons. The second kappa shape index (κ2) is 6.42. The third-order valence-electron chi connectivity index (χ3n) is 3.76. The average molecular weight is 293 g/mol. The van der Waals surface area contributed by atoms with Crippen LogP contribution in [0, 0.1) is 6.92 Å². The van der Waals surface area contributed by atoms with Crippen LogP contribution in [0.3, 0.4) is 0 Å². The van der Waals surface area contributed by atoms with Crippen LogP contribution in [0.25, 0.3) is 0 Å². The van der Waals surface area contributed by atoms with Crippen LogP contribution < -0.4 is 0 Å². The summed E-state index contributed by atoms with van der Waals surface area (Å²) in [4.78, 5) is 0. The molecular formula is C16H21ClN2O. The van der Waals surface area contributed by atoms with Crippen LogP contribution in [-0.4, -0.2) is 21.0 Å². The number of aryl methyl sites for hydroxylation is 2. The van der Waals surface area contributed by atoms with Gasteiger partial charge in [0.1, 0.15) is 0 Å². The minimum atomic E-state index is -0.476. The first kappa shape index (κ1) is 15.1. The molecule has 0 saturated carbocycles. The van der Waals surface area contributed by atoms with Gasteiger partial charge in [-0.25, -0.2) is 0 Å². The van der Waals surface area contributed by atoms with Crippen molar-refractivity contribution in [2.45, 2.75) is 45.8 Å². The SMILES string of the molecule is CCn1nc(C)c(Cl)c1CC(O)C(C)c1ccccc1. The van der Waals surface area contributed by atoms with E-state index in [0.29, 0.717) is 11.4 Å². The average Bonchev–Trinajstić information content (AvgIpc) is 2.75. The lowest BCUT2D eigenvalue weighted by Gasteiger charge is -2.20. The third-order valence-corrected chi connectivity index (χ3v) is 4.25. The van der Waals surface area contributed by atoms with Crippen LogP contribution in [0.5, 0.6) is 0 Å². The number of aromatic nitrogens is 2. The minimum Gasteiger partial charge on any atom is -0.392 e. The molecular weight excluding hydrogens is 272 g/mol. The van der Waals surface area contributed by atoms with E-state index in [1.54, 1.807) is 0 Å². The van der Waals surface area contributed by atoms with E-state index in [1.165, 1.54) is 0 Å². The molecule has 2 atom stereocenters. The highest BCUT2D eigenvalue weighted by molar-refractivity contribution is 6.31. The maximum atomic E-state index is 10.5. The predicted octanol–water partition coefficient (Wildman–Crippen LogP) is 3.57. The van der Waals surface area contributed by atoms with Crippen molar-refractivity contribution in [1.29, 1.82) is 0 Å². The Morgan fingerprint density at radius 2 is 1.95 bits per heavy atom. The molecule has 0 amide bonds. The zero-order valence-electron chi connectivity index (χ0n) is 12.2. The van der Waals surface area contributed by atoms with E-state index >= 15 is 0 Å². The molecule has 0 aliphatic rings. The van der Waals surface area contributed by atoms with Gasteiger partial charge in [-0.3, -0.25) is 4.68 Å². The van der Waals surface area contributed by atoms with Crippen LogP contribution in [0.4, 0.5) is 0 Å². The quantitative estimate of drug-likeness (QED) is 0.915. The van der Waals surface area contributed by atoms with Crippen molar-refractivity contribution in [2.24, 2.45) is 0 Å². The summed E-state index contributed by atoms with van der Waals surface area (Å²) >= 11 is 6.29. The van der Waals surface area contributed by atoms with Gasteiger partial charge in [0, 0.05) is 18.9 Å². The highest BCUT2D eigenvalue weighted by atomic mass is 35.5. The van der Waals surface area contributed by atoms with Crippen LogP contribution in [-0.2, 0) is 13.0 Å². The number of hydrogen-bond acceptors (Lipinski definition) is 2. The number of hydrogen-bond donors (Lipinski definition) is 1. The topological polar surface area (TPSA) is 38.0 Å². The van der Waals surface area contributed by atoms with Crippen molar-refractivity contribution >= 4 is 11.6 Å². The number of aliphatic hydroxyl groups excluding tert-OH is 1. The van der Waals surface area contributed by atoms with Crippen molar-refractivity contribution in [1.82, 2.24) is 9.78 Å². The molecule has 0 spiro atoms. The highest BCUT2D eigenvalue weighted by Gasteiger charge is 2.21. The molecule has 0 saturated heterocycles. The standard InChI is InChI=1S/C16H21ClN2O/c1-4-19-14(16(17)12(3)18-19)10-15(20)11(2)13-8-6-5-7-9-13/h5-9,11,15,20H,4,10H2,1-3H3. The van der Waals surface area contributed by atoms with E-state index < -0.39 is 6.10 Å². The van der Waals surface area contributed by atoms with Crippen molar-refractivity contribution in [3.63, 3.8) is 0 Å². The summed E-state index contributed by atoms with van der Waals surface area (Å²) in [5.74, 6) is 0.0628. The Hall–Kier alpha value is -1.32. The maximum absolute atomic E-state index is 10.5. The summed E-state index contributed by atoms with van der Waals surface area (Å²) in [5.41, 5.74) is 2.88. The van der Waals surface area contributed by atoms with Gasteiger partial charge in [0.15, 0.2) is 0 Å². The van der Waals surface area contributed by atoms with Crippen molar-refractivity contribution < 1.29 is 5.11 Å². The van der Waals surface area contributed by atoms with E-state index in [0.717, 1.165) is 23.5 Å². The van der Waals surface area contributed by atoms with E-state index in [9.17, 15) is 5.11 Å². The number of aliphatic hydroxyl groups is 1. The molecule has 2 aromatic rings. The molecule has 0 aliphatic carbocycles. The van der Waals surface area contributed by atoms with Gasteiger partial charge in [0.25, 0.3) is 0 Å². The van der Waals surface area contributed by atoms with Crippen LogP contribution in [0.1, 0.15) is 36.7 Å². The Balaban J connectivity index is 2.18.